The Morgan fingerprint density at radius 2 is 1.79 bits per heavy atom. The zero-order chi connectivity index (χ0) is 14.4. The van der Waals surface area contributed by atoms with Crippen LogP contribution in [0.15, 0.2) is 16.6 Å². The van der Waals surface area contributed by atoms with Crippen molar-refractivity contribution < 1.29 is 23.5 Å². The molecule has 1 aromatic carbocycles. The van der Waals surface area contributed by atoms with E-state index >= 15 is 0 Å². The second-order valence-corrected chi connectivity index (χ2v) is 4.75. The lowest BCUT2D eigenvalue weighted by molar-refractivity contribution is -0.137. The third kappa shape index (κ3) is 5.34. The normalized spacial score (nSPS) is 10.3. The summed E-state index contributed by atoms with van der Waals surface area (Å²) in [4.78, 5) is 21.7. The number of carbonyl (C=O) groups excluding carboxylic acids is 1. The van der Waals surface area contributed by atoms with E-state index in [1.165, 1.54) is 0 Å². The van der Waals surface area contributed by atoms with Crippen molar-refractivity contribution in [2.45, 2.75) is 25.7 Å². The molecule has 0 unspecified atom stereocenters. The van der Waals surface area contributed by atoms with E-state index in [0.29, 0.717) is 18.9 Å². The molecule has 0 radical (unpaired) electrons. The first-order valence-corrected chi connectivity index (χ1v) is 6.35. The van der Waals surface area contributed by atoms with Crippen LogP contribution in [0.1, 0.15) is 25.7 Å². The Morgan fingerprint density at radius 1 is 1.16 bits per heavy atom. The Bertz CT molecular complexity index is 494. The smallest absolute Gasteiger partial charge is 0.303 e. The molecule has 2 N–H and O–H groups in total. The van der Waals surface area contributed by atoms with Crippen molar-refractivity contribution in [2.24, 2.45) is 0 Å². The average molecular weight is 336 g/mol. The molecule has 0 saturated heterocycles. The maximum absolute atomic E-state index is 13.3. The zero-order valence-corrected chi connectivity index (χ0v) is 11.5. The van der Waals surface area contributed by atoms with E-state index in [-0.39, 0.29) is 23.0 Å². The number of carboxylic acid groups (broad SMARTS) is 1. The first-order valence-electron chi connectivity index (χ1n) is 5.56. The number of benzene rings is 1. The van der Waals surface area contributed by atoms with Gasteiger partial charge in [0, 0.05) is 18.9 Å². The molecule has 0 heterocycles. The molecule has 0 spiro atoms. The number of hydrogen-bond acceptors (Lipinski definition) is 2. The highest BCUT2D eigenvalue weighted by atomic mass is 79.9. The lowest BCUT2D eigenvalue weighted by Gasteiger charge is -2.07. The number of carbonyl (C=O) groups is 2. The molecule has 0 bridgehead atoms. The van der Waals surface area contributed by atoms with Crippen LogP contribution in [-0.2, 0) is 9.59 Å². The molecule has 0 aliphatic heterocycles. The van der Waals surface area contributed by atoms with E-state index in [0.717, 1.165) is 6.07 Å². The minimum atomic E-state index is -0.922. The Morgan fingerprint density at radius 3 is 2.42 bits per heavy atom. The third-order valence-electron chi connectivity index (χ3n) is 2.33. The van der Waals surface area contributed by atoms with Crippen LogP contribution in [0, 0.1) is 11.6 Å². The minimum absolute atomic E-state index is 0.0102. The van der Waals surface area contributed by atoms with Gasteiger partial charge in [0.25, 0.3) is 0 Å². The van der Waals surface area contributed by atoms with Gasteiger partial charge in [-0.15, -0.1) is 0 Å². The quantitative estimate of drug-likeness (QED) is 0.619. The minimum Gasteiger partial charge on any atom is -0.481 e. The van der Waals surface area contributed by atoms with Gasteiger partial charge < -0.3 is 10.4 Å². The highest BCUT2D eigenvalue weighted by molar-refractivity contribution is 9.10. The molecular weight excluding hydrogens is 324 g/mol. The number of anilines is 1. The molecule has 1 amide bonds. The van der Waals surface area contributed by atoms with Crippen molar-refractivity contribution in [3.63, 3.8) is 0 Å². The third-order valence-corrected chi connectivity index (χ3v) is 2.94. The summed E-state index contributed by atoms with van der Waals surface area (Å²) in [5, 5.41) is 10.7. The van der Waals surface area contributed by atoms with Gasteiger partial charge in [0.2, 0.25) is 5.91 Å². The van der Waals surface area contributed by atoms with E-state index in [1.54, 1.807) is 0 Å². The maximum atomic E-state index is 13.3. The van der Waals surface area contributed by atoms with Crippen LogP contribution >= 0.6 is 15.9 Å². The lowest BCUT2D eigenvalue weighted by atomic mass is 10.2. The van der Waals surface area contributed by atoms with E-state index < -0.39 is 23.5 Å². The van der Waals surface area contributed by atoms with Gasteiger partial charge in [-0.3, -0.25) is 9.59 Å². The van der Waals surface area contributed by atoms with Gasteiger partial charge in [-0.1, -0.05) is 0 Å². The fourth-order valence-electron chi connectivity index (χ4n) is 1.39. The molecular formula is C12H12BrF2NO3. The summed E-state index contributed by atoms with van der Waals surface area (Å²) >= 11 is 2.89. The zero-order valence-electron chi connectivity index (χ0n) is 9.88. The lowest BCUT2D eigenvalue weighted by Crippen LogP contribution is -2.12. The van der Waals surface area contributed by atoms with Gasteiger partial charge in [-0.25, -0.2) is 8.78 Å². The number of hydrogen-bond donors (Lipinski definition) is 2. The summed E-state index contributed by atoms with van der Waals surface area (Å²) in [5.41, 5.74) is -0.114. The molecule has 4 nitrogen and oxygen atoms in total. The molecule has 0 aromatic heterocycles. The number of aliphatic carboxylic acids is 1. The molecule has 0 saturated carbocycles. The van der Waals surface area contributed by atoms with Gasteiger partial charge >= 0.3 is 5.97 Å². The van der Waals surface area contributed by atoms with E-state index in [4.69, 9.17) is 5.11 Å². The van der Waals surface area contributed by atoms with Crippen LogP contribution in [0.25, 0.3) is 0 Å². The predicted molar refractivity (Wildman–Crippen MR) is 68.8 cm³/mol. The first kappa shape index (κ1) is 15.6. The van der Waals surface area contributed by atoms with Crippen molar-refractivity contribution in [3.05, 3.63) is 28.2 Å². The van der Waals surface area contributed by atoms with Crippen LogP contribution in [0.3, 0.4) is 0 Å². The summed E-state index contributed by atoms with van der Waals surface area (Å²) < 4.78 is 26.3. The van der Waals surface area contributed by atoms with Gasteiger partial charge in [-0.2, -0.15) is 0 Å². The molecule has 0 aliphatic rings. The van der Waals surface area contributed by atoms with Crippen LogP contribution < -0.4 is 5.32 Å². The van der Waals surface area contributed by atoms with Gasteiger partial charge in [0.05, 0.1) is 10.2 Å². The molecule has 0 atom stereocenters. The van der Waals surface area contributed by atoms with Crippen molar-refractivity contribution in [1.82, 2.24) is 0 Å². The number of unbranched alkanes of at least 4 members (excludes halogenated alkanes) is 1. The van der Waals surface area contributed by atoms with Crippen LogP contribution in [0.5, 0.6) is 0 Å². The van der Waals surface area contributed by atoms with Crippen molar-refractivity contribution in [2.75, 3.05) is 5.32 Å². The summed E-state index contributed by atoms with van der Waals surface area (Å²) in [7, 11) is 0. The number of nitrogens with one attached hydrogen (secondary N) is 1. The second-order valence-electron chi connectivity index (χ2n) is 3.90. The monoisotopic (exact) mass is 335 g/mol. The molecule has 0 fully saturated rings. The summed E-state index contributed by atoms with van der Waals surface area (Å²) in [6.45, 7) is 0. The summed E-state index contributed by atoms with van der Waals surface area (Å²) in [6.07, 6.45) is 0.839. The number of halogens is 3. The number of carboxylic acids is 1. The second kappa shape index (κ2) is 7.18. The Kier molecular flexibility index (Phi) is 5.88. The topological polar surface area (TPSA) is 66.4 Å². The van der Waals surface area contributed by atoms with Crippen LogP contribution in [0.2, 0.25) is 0 Å². The average Bonchev–Trinajstić information content (AvgIpc) is 2.31. The largest absolute Gasteiger partial charge is 0.481 e. The molecule has 104 valence electrons. The Hall–Kier alpha value is -1.50. The van der Waals surface area contributed by atoms with Crippen LogP contribution in [0.4, 0.5) is 14.5 Å². The molecule has 1 aromatic rings. The maximum Gasteiger partial charge on any atom is 0.303 e. The Labute approximate surface area is 116 Å². The van der Waals surface area contributed by atoms with Crippen molar-refractivity contribution >= 4 is 33.5 Å². The highest BCUT2D eigenvalue weighted by Crippen LogP contribution is 2.23. The molecule has 0 aliphatic carbocycles. The van der Waals surface area contributed by atoms with Crippen LogP contribution in [-0.4, -0.2) is 17.0 Å². The Balaban J connectivity index is 2.48. The molecule has 1 rings (SSSR count). The van der Waals surface area contributed by atoms with Gasteiger partial charge in [-0.05, 0) is 34.8 Å². The fourth-order valence-corrected chi connectivity index (χ4v) is 1.74. The van der Waals surface area contributed by atoms with Crippen molar-refractivity contribution in [1.29, 1.82) is 0 Å². The fraction of sp³-hybridized carbons (Fsp3) is 0.333. The summed E-state index contributed by atoms with van der Waals surface area (Å²) in [6, 6.07) is 1.81. The summed E-state index contributed by atoms with van der Waals surface area (Å²) in [5.74, 6) is -2.98. The number of amides is 1. The van der Waals surface area contributed by atoms with Crippen molar-refractivity contribution in [3.8, 4) is 0 Å². The molecule has 7 heteroatoms. The van der Waals surface area contributed by atoms with E-state index in [1.807, 2.05) is 0 Å². The SMILES string of the molecule is O=C(O)CCCCC(=O)Nc1cc(Br)c(F)cc1F. The van der Waals surface area contributed by atoms with Gasteiger partial charge in [0.1, 0.15) is 11.6 Å². The van der Waals surface area contributed by atoms with E-state index in [9.17, 15) is 18.4 Å². The predicted octanol–water partition coefficient (Wildman–Crippen LogP) is 3.31. The first-order chi connectivity index (χ1) is 8.90. The molecule has 19 heavy (non-hydrogen) atoms. The number of rotatable bonds is 6. The highest BCUT2D eigenvalue weighted by Gasteiger charge is 2.11. The van der Waals surface area contributed by atoms with Gasteiger partial charge in [0.15, 0.2) is 0 Å². The standard InChI is InChI=1S/C12H12BrF2NO3/c13-7-5-10(9(15)6-8(7)14)16-11(17)3-1-2-4-12(18)19/h5-6H,1-4H2,(H,16,17)(H,18,19). The van der Waals surface area contributed by atoms with E-state index in [2.05, 4.69) is 21.2 Å².